The van der Waals surface area contributed by atoms with E-state index in [9.17, 15) is 5.26 Å². The van der Waals surface area contributed by atoms with E-state index >= 15 is 0 Å². The molecule has 0 spiro atoms. The van der Waals surface area contributed by atoms with Gasteiger partial charge in [-0.2, -0.15) is 20.2 Å². The lowest BCUT2D eigenvalue weighted by Gasteiger charge is -2.11. The van der Waals surface area contributed by atoms with Crippen molar-refractivity contribution in [2.75, 3.05) is 38.9 Å². The van der Waals surface area contributed by atoms with Gasteiger partial charge in [-0.05, 0) is 23.8 Å². The zero-order valence-corrected chi connectivity index (χ0v) is 13.9. The number of aromatic nitrogens is 3. The lowest BCUT2D eigenvalue weighted by molar-refractivity contribution is 0.355. The minimum Gasteiger partial charge on any atom is -0.493 e. The third-order valence-corrected chi connectivity index (χ3v) is 3.12. The number of nitriles is 1. The van der Waals surface area contributed by atoms with Gasteiger partial charge in [0.25, 0.3) is 0 Å². The topological polar surface area (TPSA) is 110 Å². The summed E-state index contributed by atoms with van der Waals surface area (Å²) in [6.07, 6.45) is 1.65. The van der Waals surface area contributed by atoms with Crippen LogP contribution >= 0.6 is 0 Å². The lowest BCUT2D eigenvalue weighted by atomic mass is 10.1. The number of nitrogens with zero attached hydrogens (tertiary/aromatic N) is 5. The van der Waals surface area contributed by atoms with Crippen LogP contribution in [-0.2, 0) is 0 Å². The Morgan fingerprint density at radius 1 is 1.17 bits per heavy atom. The van der Waals surface area contributed by atoms with Crippen LogP contribution in [0.15, 0.2) is 18.2 Å². The van der Waals surface area contributed by atoms with Crippen LogP contribution in [0.1, 0.15) is 11.4 Å². The highest BCUT2D eigenvalue weighted by molar-refractivity contribution is 5.87. The predicted molar refractivity (Wildman–Crippen MR) is 91.6 cm³/mol. The van der Waals surface area contributed by atoms with Gasteiger partial charge in [-0.3, -0.25) is 0 Å². The number of ether oxygens (including phenoxy) is 2. The van der Waals surface area contributed by atoms with Crippen LogP contribution in [0.4, 0.5) is 11.9 Å². The molecular formula is C16H18N6O2. The number of nitrogen functional groups attached to an aromatic ring is 1. The van der Waals surface area contributed by atoms with Crippen LogP contribution in [0.3, 0.4) is 0 Å². The third-order valence-electron chi connectivity index (χ3n) is 3.12. The summed E-state index contributed by atoms with van der Waals surface area (Å²) in [5.74, 6) is 1.81. The van der Waals surface area contributed by atoms with E-state index in [4.69, 9.17) is 15.2 Å². The number of methoxy groups -OCH3 is 2. The highest BCUT2D eigenvalue weighted by atomic mass is 16.5. The first-order valence-electron chi connectivity index (χ1n) is 7.01. The molecule has 2 N–H and O–H groups in total. The van der Waals surface area contributed by atoms with Crippen LogP contribution < -0.4 is 20.1 Å². The Morgan fingerprint density at radius 3 is 2.46 bits per heavy atom. The van der Waals surface area contributed by atoms with Gasteiger partial charge in [-0.25, -0.2) is 0 Å². The maximum absolute atomic E-state index is 9.46. The number of anilines is 2. The number of hydrogen-bond acceptors (Lipinski definition) is 8. The van der Waals surface area contributed by atoms with Gasteiger partial charge in [0, 0.05) is 14.1 Å². The quantitative estimate of drug-likeness (QED) is 0.825. The molecule has 24 heavy (non-hydrogen) atoms. The standard InChI is InChI=1S/C16H18N6O2/c1-22(2)16-20-14(19-15(18)21-16)11(9-17)7-10-5-6-12(23-3)13(8-10)24-4/h5-8H,1-4H3,(H2,18,19,20,21)/b11-7-. The van der Waals surface area contributed by atoms with Crippen LogP contribution in [0.25, 0.3) is 11.6 Å². The molecule has 0 saturated heterocycles. The maximum atomic E-state index is 9.46. The van der Waals surface area contributed by atoms with Crippen molar-refractivity contribution in [1.82, 2.24) is 15.0 Å². The summed E-state index contributed by atoms with van der Waals surface area (Å²) in [5, 5.41) is 9.46. The van der Waals surface area contributed by atoms with Gasteiger partial charge in [0.05, 0.1) is 19.8 Å². The SMILES string of the molecule is COc1ccc(/C=C(/C#N)c2nc(N)nc(N(C)C)n2)cc1OC. The van der Waals surface area contributed by atoms with E-state index in [1.165, 1.54) is 0 Å². The van der Waals surface area contributed by atoms with Gasteiger partial charge >= 0.3 is 0 Å². The van der Waals surface area contributed by atoms with Crippen LogP contribution in [0.2, 0.25) is 0 Å². The third kappa shape index (κ3) is 3.70. The first-order valence-corrected chi connectivity index (χ1v) is 7.01. The largest absolute Gasteiger partial charge is 0.493 e. The average molecular weight is 326 g/mol. The molecule has 0 aliphatic heterocycles. The van der Waals surface area contributed by atoms with E-state index < -0.39 is 0 Å². The molecular weight excluding hydrogens is 308 g/mol. The second-order valence-electron chi connectivity index (χ2n) is 5.00. The van der Waals surface area contributed by atoms with Crippen LogP contribution in [0.5, 0.6) is 11.5 Å². The van der Waals surface area contributed by atoms with Crippen molar-refractivity contribution >= 4 is 23.5 Å². The summed E-state index contributed by atoms with van der Waals surface area (Å²) in [5.41, 5.74) is 6.71. The molecule has 8 nitrogen and oxygen atoms in total. The van der Waals surface area contributed by atoms with Crippen LogP contribution in [0, 0.1) is 11.3 Å². The van der Waals surface area contributed by atoms with Crippen LogP contribution in [-0.4, -0.2) is 43.3 Å². The molecule has 1 aromatic heterocycles. The molecule has 0 aliphatic rings. The van der Waals surface area contributed by atoms with E-state index in [-0.39, 0.29) is 17.3 Å². The molecule has 8 heteroatoms. The second kappa shape index (κ2) is 7.28. The number of rotatable bonds is 5. The summed E-state index contributed by atoms with van der Waals surface area (Å²) in [4.78, 5) is 14.0. The van der Waals surface area contributed by atoms with Gasteiger partial charge in [-0.1, -0.05) is 6.07 Å². The molecule has 1 heterocycles. The second-order valence-corrected chi connectivity index (χ2v) is 5.00. The van der Waals surface area contributed by atoms with Crippen molar-refractivity contribution in [3.63, 3.8) is 0 Å². The fraction of sp³-hybridized carbons (Fsp3) is 0.250. The van der Waals surface area contributed by atoms with E-state index in [2.05, 4.69) is 21.0 Å². The molecule has 0 bridgehead atoms. The number of nitrogens with two attached hydrogens (primary N) is 1. The van der Waals surface area contributed by atoms with E-state index in [1.807, 2.05) is 0 Å². The van der Waals surface area contributed by atoms with Crippen molar-refractivity contribution < 1.29 is 9.47 Å². The molecule has 1 aromatic carbocycles. The Morgan fingerprint density at radius 2 is 1.88 bits per heavy atom. The minimum absolute atomic E-state index is 0.0529. The minimum atomic E-state index is 0.0529. The fourth-order valence-electron chi connectivity index (χ4n) is 1.96. The number of benzene rings is 1. The number of allylic oxidation sites excluding steroid dienone is 1. The molecule has 124 valence electrons. The average Bonchev–Trinajstić information content (AvgIpc) is 2.58. The maximum Gasteiger partial charge on any atom is 0.230 e. The van der Waals surface area contributed by atoms with Gasteiger partial charge < -0.3 is 20.1 Å². The summed E-state index contributed by atoms with van der Waals surface area (Å²) in [7, 11) is 6.67. The number of hydrogen-bond donors (Lipinski definition) is 1. The van der Waals surface area contributed by atoms with Crippen molar-refractivity contribution in [2.45, 2.75) is 0 Å². The zero-order valence-electron chi connectivity index (χ0n) is 13.9. The Balaban J connectivity index is 2.49. The van der Waals surface area contributed by atoms with Crippen molar-refractivity contribution in [1.29, 1.82) is 5.26 Å². The molecule has 2 aromatic rings. The van der Waals surface area contributed by atoms with Crippen molar-refractivity contribution in [2.24, 2.45) is 0 Å². The molecule has 0 fully saturated rings. The molecule has 0 unspecified atom stereocenters. The molecule has 2 rings (SSSR count). The monoisotopic (exact) mass is 326 g/mol. The van der Waals surface area contributed by atoms with E-state index in [0.29, 0.717) is 17.4 Å². The molecule has 0 radical (unpaired) electrons. The Labute approximate surface area is 140 Å². The molecule has 0 atom stereocenters. The normalized spacial score (nSPS) is 10.9. The molecule has 0 aliphatic carbocycles. The summed E-state index contributed by atoms with van der Waals surface area (Å²) in [6, 6.07) is 7.40. The summed E-state index contributed by atoms with van der Waals surface area (Å²) >= 11 is 0. The summed E-state index contributed by atoms with van der Waals surface area (Å²) in [6.45, 7) is 0. The van der Waals surface area contributed by atoms with Gasteiger partial charge in [0.2, 0.25) is 11.9 Å². The van der Waals surface area contributed by atoms with E-state index in [0.717, 1.165) is 5.56 Å². The smallest absolute Gasteiger partial charge is 0.230 e. The highest BCUT2D eigenvalue weighted by Gasteiger charge is 2.11. The Kier molecular flexibility index (Phi) is 5.16. The first-order chi connectivity index (χ1) is 11.5. The molecule has 0 saturated carbocycles. The molecule has 0 amide bonds. The fourth-order valence-corrected chi connectivity index (χ4v) is 1.96. The van der Waals surface area contributed by atoms with Gasteiger partial charge in [-0.15, -0.1) is 0 Å². The van der Waals surface area contributed by atoms with Crippen molar-refractivity contribution in [3.8, 4) is 17.6 Å². The van der Waals surface area contributed by atoms with Crippen molar-refractivity contribution in [3.05, 3.63) is 29.6 Å². The zero-order chi connectivity index (χ0) is 17.7. The Hall–Kier alpha value is -3.34. The Bertz CT molecular complexity index is 811. The summed E-state index contributed by atoms with van der Waals surface area (Å²) < 4.78 is 10.5. The predicted octanol–water partition coefficient (Wildman–Crippen LogP) is 1.60. The highest BCUT2D eigenvalue weighted by Crippen LogP contribution is 2.29. The lowest BCUT2D eigenvalue weighted by Crippen LogP contribution is -2.15. The first kappa shape index (κ1) is 17.0. The van der Waals surface area contributed by atoms with Gasteiger partial charge in [0.1, 0.15) is 6.07 Å². The van der Waals surface area contributed by atoms with Gasteiger partial charge in [0.15, 0.2) is 17.3 Å². The van der Waals surface area contributed by atoms with E-state index in [1.54, 1.807) is 57.5 Å².